The summed E-state index contributed by atoms with van der Waals surface area (Å²) < 4.78 is 0. The molecule has 2 N–H and O–H groups in total. The van der Waals surface area contributed by atoms with Gasteiger partial charge in [-0.3, -0.25) is 0 Å². The van der Waals surface area contributed by atoms with E-state index in [0.717, 1.165) is 54.4 Å². The molecule has 0 spiro atoms. The molecule has 1 aromatic heterocycles. The van der Waals surface area contributed by atoms with E-state index in [2.05, 4.69) is 24.2 Å². The fourth-order valence-corrected chi connectivity index (χ4v) is 2.93. The lowest BCUT2D eigenvalue weighted by atomic mass is 10.2. The van der Waals surface area contributed by atoms with Crippen molar-refractivity contribution in [3.63, 3.8) is 0 Å². The van der Waals surface area contributed by atoms with Crippen LogP contribution in [0.5, 0.6) is 0 Å². The Labute approximate surface area is 137 Å². The van der Waals surface area contributed by atoms with E-state index in [1.807, 2.05) is 30.3 Å². The summed E-state index contributed by atoms with van der Waals surface area (Å²) in [6.45, 7) is 3.25. The van der Waals surface area contributed by atoms with Crippen LogP contribution in [0.3, 0.4) is 0 Å². The van der Waals surface area contributed by atoms with Crippen LogP contribution in [-0.4, -0.2) is 41.3 Å². The third-order valence-electron chi connectivity index (χ3n) is 4.37. The number of likely N-dealkylation sites (N-methyl/N-ethyl adjacent to an activating group) is 1. The summed E-state index contributed by atoms with van der Waals surface area (Å²) in [6, 6.07) is 10.5. The number of benzene rings is 1. The third kappa shape index (κ3) is 3.29. The van der Waals surface area contributed by atoms with Gasteiger partial charge in [-0.2, -0.15) is 0 Å². The summed E-state index contributed by atoms with van der Waals surface area (Å²) >= 11 is 0. The quantitative estimate of drug-likeness (QED) is 0.803. The monoisotopic (exact) mass is 312 g/mol. The van der Waals surface area contributed by atoms with E-state index >= 15 is 0 Å². The van der Waals surface area contributed by atoms with Crippen molar-refractivity contribution in [1.82, 2.24) is 9.97 Å². The van der Waals surface area contributed by atoms with Crippen molar-refractivity contribution in [2.75, 3.05) is 30.4 Å². The van der Waals surface area contributed by atoms with Crippen LogP contribution in [0.25, 0.3) is 11.4 Å². The van der Waals surface area contributed by atoms with Crippen molar-refractivity contribution in [3.05, 3.63) is 36.0 Å². The Morgan fingerprint density at radius 2 is 2.00 bits per heavy atom. The molecule has 2 aromatic rings. The minimum Gasteiger partial charge on any atom is -0.396 e. The second-order valence-corrected chi connectivity index (χ2v) is 6.08. The highest BCUT2D eigenvalue weighted by Gasteiger charge is 2.29. The van der Waals surface area contributed by atoms with Gasteiger partial charge < -0.3 is 15.3 Å². The lowest BCUT2D eigenvalue weighted by molar-refractivity contribution is 0.286. The smallest absolute Gasteiger partial charge is 0.161 e. The van der Waals surface area contributed by atoms with Crippen molar-refractivity contribution < 1.29 is 5.11 Å². The van der Waals surface area contributed by atoms with Gasteiger partial charge in [-0.05, 0) is 19.8 Å². The van der Waals surface area contributed by atoms with E-state index in [0.29, 0.717) is 6.04 Å². The fraction of sp³-hybridized carbons (Fsp3) is 0.444. The molecule has 2 heterocycles. The standard InChI is InChI=1S/C18H24N4O/c1-13-12-15-16(22(13)2)18(19-10-6-7-11-23)21-17(20-15)14-8-4-3-5-9-14/h3-5,8-9,13,23H,6-7,10-12H2,1-2H3,(H,19,20,21). The highest BCUT2D eigenvalue weighted by atomic mass is 16.2. The van der Waals surface area contributed by atoms with E-state index in [1.54, 1.807) is 0 Å². The number of unbranched alkanes of at least 4 members (excludes halogenated alkanes) is 1. The number of rotatable bonds is 6. The van der Waals surface area contributed by atoms with Crippen LogP contribution in [0.4, 0.5) is 11.5 Å². The maximum Gasteiger partial charge on any atom is 0.161 e. The van der Waals surface area contributed by atoms with Crippen molar-refractivity contribution >= 4 is 11.5 Å². The first-order chi connectivity index (χ1) is 11.2. The fourth-order valence-electron chi connectivity index (χ4n) is 2.93. The molecule has 0 bridgehead atoms. The largest absolute Gasteiger partial charge is 0.396 e. The van der Waals surface area contributed by atoms with Crippen LogP contribution >= 0.6 is 0 Å². The van der Waals surface area contributed by atoms with Crippen molar-refractivity contribution in [3.8, 4) is 11.4 Å². The minimum atomic E-state index is 0.232. The molecule has 1 atom stereocenters. The number of aromatic nitrogens is 2. The van der Waals surface area contributed by atoms with Gasteiger partial charge in [0.15, 0.2) is 11.6 Å². The van der Waals surface area contributed by atoms with Crippen molar-refractivity contribution in [2.24, 2.45) is 0 Å². The minimum absolute atomic E-state index is 0.232. The first kappa shape index (κ1) is 15.7. The van der Waals surface area contributed by atoms with Gasteiger partial charge in [-0.15, -0.1) is 0 Å². The number of fused-ring (bicyclic) bond motifs is 1. The summed E-state index contributed by atoms with van der Waals surface area (Å²) in [4.78, 5) is 11.8. The zero-order valence-electron chi connectivity index (χ0n) is 13.8. The van der Waals surface area contributed by atoms with Gasteiger partial charge >= 0.3 is 0 Å². The molecule has 5 nitrogen and oxygen atoms in total. The van der Waals surface area contributed by atoms with Crippen molar-refractivity contribution in [1.29, 1.82) is 0 Å². The Bertz CT molecular complexity index is 660. The number of nitrogens with zero attached hydrogens (tertiary/aromatic N) is 3. The molecule has 1 aromatic carbocycles. The highest BCUT2D eigenvalue weighted by Crippen LogP contribution is 2.36. The van der Waals surface area contributed by atoms with Crippen LogP contribution in [0.15, 0.2) is 30.3 Å². The molecule has 3 rings (SSSR count). The maximum absolute atomic E-state index is 8.93. The Balaban J connectivity index is 1.94. The Kier molecular flexibility index (Phi) is 4.76. The Hall–Kier alpha value is -2.14. The molecule has 1 unspecified atom stereocenters. The second-order valence-electron chi connectivity index (χ2n) is 6.08. The van der Waals surface area contributed by atoms with Crippen LogP contribution in [-0.2, 0) is 6.42 Å². The lowest BCUT2D eigenvalue weighted by Crippen LogP contribution is -2.25. The first-order valence-corrected chi connectivity index (χ1v) is 8.24. The van der Waals surface area contributed by atoms with Gasteiger partial charge in [0.1, 0.15) is 5.69 Å². The van der Waals surface area contributed by atoms with Gasteiger partial charge in [0.05, 0.1) is 5.69 Å². The Morgan fingerprint density at radius 1 is 1.22 bits per heavy atom. The molecule has 0 saturated heterocycles. The van der Waals surface area contributed by atoms with E-state index in [4.69, 9.17) is 15.1 Å². The molecule has 0 saturated carbocycles. The molecule has 5 heteroatoms. The molecule has 1 aliphatic rings. The number of aliphatic hydroxyl groups is 1. The third-order valence-corrected chi connectivity index (χ3v) is 4.37. The number of anilines is 2. The zero-order chi connectivity index (χ0) is 16.2. The molecule has 0 fully saturated rings. The van der Waals surface area contributed by atoms with E-state index in [-0.39, 0.29) is 6.61 Å². The maximum atomic E-state index is 8.93. The van der Waals surface area contributed by atoms with Gasteiger partial charge in [-0.1, -0.05) is 30.3 Å². The van der Waals surface area contributed by atoms with Gasteiger partial charge in [0.2, 0.25) is 0 Å². The second kappa shape index (κ2) is 6.96. The predicted octanol–water partition coefficient (Wildman–Crippen LogP) is 2.71. The summed E-state index contributed by atoms with van der Waals surface area (Å²) in [5.74, 6) is 1.68. The van der Waals surface area contributed by atoms with Gasteiger partial charge in [0.25, 0.3) is 0 Å². The van der Waals surface area contributed by atoms with E-state index < -0.39 is 0 Å². The number of aliphatic hydroxyl groups excluding tert-OH is 1. The molecule has 122 valence electrons. The molecular weight excluding hydrogens is 288 g/mol. The number of hydrogen-bond donors (Lipinski definition) is 2. The molecule has 0 radical (unpaired) electrons. The molecule has 0 aliphatic carbocycles. The topological polar surface area (TPSA) is 61.3 Å². The molecule has 0 amide bonds. The van der Waals surface area contributed by atoms with Crippen molar-refractivity contribution in [2.45, 2.75) is 32.2 Å². The SMILES string of the molecule is CC1Cc2nc(-c3ccccc3)nc(NCCCCO)c2N1C. The average Bonchev–Trinajstić information content (AvgIpc) is 2.87. The Morgan fingerprint density at radius 3 is 2.74 bits per heavy atom. The summed E-state index contributed by atoms with van der Waals surface area (Å²) in [7, 11) is 2.10. The summed E-state index contributed by atoms with van der Waals surface area (Å²) in [6.07, 6.45) is 2.67. The van der Waals surface area contributed by atoms with Crippen LogP contribution in [0.2, 0.25) is 0 Å². The highest BCUT2D eigenvalue weighted by molar-refractivity contribution is 5.74. The average molecular weight is 312 g/mol. The van der Waals surface area contributed by atoms with E-state index in [1.165, 1.54) is 0 Å². The first-order valence-electron chi connectivity index (χ1n) is 8.24. The normalized spacial score (nSPS) is 16.5. The number of hydrogen-bond acceptors (Lipinski definition) is 5. The number of nitrogens with one attached hydrogen (secondary N) is 1. The van der Waals surface area contributed by atoms with Gasteiger partial charge in [-0.25, -0.2) is 9.97 Å². The van der Waals surface area contributed by atoms with Gasteiger partial charge in [0, 0.05) is 38.2 Å². The lowest BCUT2D eigenvalue weighted by Gasteiger charge is -2.21. The zero-order valence-corrected chi connectivity index (χ0v) is 13.8. The summed E-state index contributed by atoms with van der Waals surface area (Å²) in [5, 5.41) is 12.4. The van der Waals surface area contributed by atoms with E-state index in [9.17, 15) is 0 Å². The molecule has 23 heavy (non-hydrogen) atoms. The summed E-state index contributed by atoms with van der Waals surface area (Å²) in [5.41, 5.74) is 3.26. The molecule has 1 aliphatic heterocycles. The van der Waals surface area contributed by atoms with Crippen LogP contribution in [0.1, 0.15) is 25.5 Å². The van der Waals surface area contributed by atoms with Crippen LogP contribution in [0, 0.1) is 0 Å². The predicted molar refractivity (Wildman–Crippen MR) is 93.8 cm³/mol. The molecular formula is C18H24N4O. The van der Waals surface area contributed by atoms with Crippen LogP contribution < -0.4 is 10.2 Å².